The second kappa shape index (κ2) is 2.95. The zero-order chi connectivity index (χ0) is 10.9. The zero-order valence-electron chi connectivity index (χ0n) is 10.2. The van der Waals surface area contributed by atoms with Crippen molar-refractivity contribution in [2.24, 2.45) is 0 Å². The number of nitrogens with zero attached hydrogens (tertiary/aromatic N) is 1. The van der Waals surface area contributed by atoms with E-state index in [2.05, 4.69) is 0 Å². The van der Waals surface area contributed by atoms with Crippen molar-refractivity contribution in [2.45, 2.75) is 13.8 Å². The van der Waals surface area contributed by atoms with Crippen molar-refractivity contribution in [3.05, 3.63) is 29.3 Å². The Balaban J connectivity index is 3.36. The molecule has 0 aliphatic carbocycles. The Labute approximate surface area is 72.9 Å². The van der Waals surface area contributed by atoms with Gasteiger partial charge in [0.1, 0.15) is 0 Å². The van der Waals surface area contributed by atoms with Crippen LogP contribution in [-0.2, 0) is 0 Å². The summed E-state index contributed by atoms with van der Waals surface area (Å²) in [6.45, 7) is -0.115. The molecule has 0 atom stereocenters. The van der Waals surface area contributed by atoms with Gasteiger partial charge < -0.3 is 4.90 Å². The van der Waals surface area contributed by atoms with Crippen LogP contribution < -0.4 is 4.90 Å². The number of benzene rings is 1. The maximum Gasteiger partial charge on any atom is 0.0420 e. The van der Waals surface area contributed by atoms with Gasteiger partial charge in [-0.05, 0) is 24.9 Å². The molecule has 1 aromatic rings. The molecule has 0 heterocycles. The average Bonchev–Trinajstić information content (AvgIpc) is 2.01. The molecule has 0 aliphatic heterocycles. The monoisotopic (exact) mass is 152 g/mol. The van der Waals surface area contributed by atoms with Crippen molar-refractivity contribution in [2.75, 3.05) is 19.0 Å². The Morgan fingerprint density at radius 2 is 1.91 bits per heavy atom. The Bertz CT molecular complexity index is 329. The lowest BCUT2D eigenvalue weighted by molar-refractivity contribution is 1.10. The lowest BCUT2D eigenvalue weighted by Crippen LogP contribution is -2.11. The third-order valence-electron chi connectivity index (χ3n) is 1.68. The van der Waals surface area contributed by atoms with Crippen molar-refractivity contribution in [3.8, 4) is 0 Å². The Morgan fingerprint density at radius 1 is 1.27 bits per heavy atom. The quantitative estimate of drug-likeness (QED) is 0.597. The van der Waals surface area contributed by atoms with Crippen LogP contribution in [0.1, 0.15) is 15.2 Å². The normalized spacial score (nSPS) is 15.0. The van der Waals surface area contributed by atoms with E-state index in [1.807, 2.05) is 32.0 Å². The van der Waals surface area contributed by atoms with E-state index in [4.69, 9.17) is 4.11 Å². The minimum atomic E-state index is -2.04. The molecule has 0 aromatic heterocycles. The van der Waals surface area contributed by atoms with E-state index in [0.717, 1.165) is 11.3 Å². The fourth-order valence-electron chi connectivity index (χ4n) is 1.25. The van der Waals surface area contributed by atoms with Crippen LogP contribution in [0.4, 0.5) is 5.69 Å². The van der Waals surface area contributed by atoms with Crippen molar-refractivity contribution in [3.63, 3.8) is 0 Å². The molecule has 11 heavy (non-hydrogen) atoms. The zero-order valence-corrected chi connectivity index (χ0v) is 7.18. The number of hydrogen-bond donors (Lipinski definition) is 0. The molecule has 0 spiro atoms. The molecule has 0 N–H and O–H groups in total. The number of rotatable bonds is 1. The van der Waals surface area contributed by atoms with E-state index in [1.165, 1.54) is 0 Å². The Morgan fingerprint density at radius 3 is 2.36 bits per heavy atom. The highest BCUT2D eigenvalue weighted by Crippen LogP contribution is 2.21. The highest BCUT2D eigenvalue weighted by atomic mass is 15.1. The van der Waals surface area contributed by atoms with Crippen molar-refractivity contribution in [1.82, 2.24) is 0 Å². The molecule has 1 nitrogen and oxygen atoms in total. The molecular formula is C10H15N. The van der Waals surface area contributed by atoms with Gasteiger partial charge in [-0.1, -0.05) is 18.2 Å². The van der Waals surface area contributed by atoms with Gasteiger partial charge in [-0.3, -0.25) is 0 Å². The van der Waals surface area contributed by atoms with Gasteiger partial charge in [-0.2, -0.15) is 0 Å². The fraction of sp³-hybridized carbons (Fsp3) is 0.400. The van der Waals surface area contributed by atoms with Gasteiger partial charge in [0, 0.05) is 23.9 Å². The number of hydrogen-bond acceptors (Lipinski definition) is 1. The van der Waals surface area contributed by atoms with Gasteiger partial charge >= 0.3 is 0 Å². The molecule has 0 aliphatic rings. The van der Waals surface area contributed by atoms with Crippen molar-refractivity contribution < 1.29 is 4.11 Å². The molecule has 0 unspecified atom stereocenters. The summed E-state index contributed by atoms with van der Waals surface area (Å²) in [4.78, 5) is 1.84. The second-order valence-corrected chi connectivity index (χ2v) is 2.87. The van der Waals surface area contributed by atoms with E-state index in [-0.39, 0.29) is 0 Å². The lowest BCUT2D eigenvalue weighted by atomic mass is 10.1. The van der Waals surface area contributed by atoms with Crippen LogP contribution in [0.25, 0.3) is 0 Å². The number of anilines is 1. The summed E-state index contributed by atoms with van der Waals surface area (Å²) in [7, 11) is 3.72. The minimum absolute atomic E-state index is 0.419. The molecule has 0 bridgehead atoms. The minimum Gasteiger partial charge on any atom is -0.377 e. The van der Waals surface area contributed by atoms with Crippen LogP contribution >= 0.6 is 0 Å². The number of para-hydroxylation sites is 1. The summed E-state index contributed by atoms with van der Waals surface area (Å²) in [5.74, 6) is 0. The third-order valence-corrected chi connectivity index (χ3v) is 1.68. The van der Waals surface area contributed by atoms with Gasteiger partial charge in [0.05, 0.1) is 0 Å². The molecule has 1 rings (SSSR count). The molecule has 0 radical (unpaired) electrons. The second-order valence-electron chi connectivity index (χ2n) is 2.87. The van der Waals surface area contributed by atoms with Gasteiger partial charge in [0.2, 0.25) is 0 Å². The third kappa shape index (κ3) is 1.53. The summed E-state index contributed by atoms with van der Waals surface area (Å²) in [6, 6.07) is 5.37. The van der Waals surface area contributed by atoms with Gasteiger partial charge in [-0.25, -0.2) is 0 Å². The molecule has 0 fully saturated rings. The number of aryl methyl sites for hydroxylation is 2. The lowest BCUT2D eigenvalue weighted by Gasteiger charge is -2.17. The molecule has 0 saturated carbocycles. The van der Waals surface area contributed by atoms with Crippen molar-refractivity contribution >= 4 is 5.69 Å². The summed E-state index contributed by atoms with van der Waals surface area (Å²) in [6.07, 6.45) is 0. The summed E-state index contributed by atoms with van der Waals surface area (Å²) < 4.78 is 22.2. The largest absolute Gasteiger partial charge is 0.377 e. The summed E-state index contributed by atoms with van der Waals surface area (Å²) in [5.41, 5.74) is 2.21. The molecular weight excluding hydrogens is 134 g/mol. The molecule has 0 saturated heterocycles. The standard InChI is InChI=1S/C10H15N/c1-8-6-5-7-9(2)10(8)11(3)4/h5-7H,1-4H3/i1D3. The van der Waals surface area contributed by atoms with Crippen LogP contribution in [0, 0.1) is 13.8 Å². The first-order chi connectivity index (χ1) is 6.34. The topological polar surface area (TPSA) is 3.24 Å². The molecule has 1 aromatic carbocycles. The van der Waals surface area contributed by atoms with Crippen LogP contribution in [0.3, 0.4) is 0 Å². The van der Waals surface area contributed by atoms with E-state index in [1.54, 1.807) is 12.1 Å². The SMILES string of the molecule is [2H]C([2H])([2H])c1cccc(C)c1N(C)C. The predicted molar refractivity (Wildman–Crippen MR) is 50.2 cm³/mol. The Kier molecular flexibility index (Phi) is 1.29. The van der Waals surface area contributed by atoms with Crippen LogP contribution in [0.15, 0.2) is 18.2 Å². The highest BCUT2D eigenvalue weighted by molar-refractivity contribution is 5.57. The first-order valence-corrected chi connectivity index (χ1v) is 3.61. The fourth-order valence-corrected chi connectivity index (χ4v) is 1.25. The van der Waals surface area contributed by atoms with E-state index in [9.17, 15) is 0 Å². The smallest absolute Gasteiger partial charge is 0.0420 e. The summed E-state index contributed by atoms with van der Waals surface area (Å²) in [5, 5.41) is 0. The van der Waals surface area contributed by atoms with Gasteiger partial charge in [0.15, 0.2) is 0 Å². The Hall–Kier alpha value is -0.980. The van der Waals surface area contributed by atoms with Crippen LogP contribution in [0.5, 0.6) is 0 Å². The highest BCUT2D eigenvalue weighted by Gasteiger charge is 2.01. The van der Waals surface area contributed by atoms with Gasteiger partial charge in [-0.15, -0.1) is 0 Å². The van der Waals surface area contributed by atoms with E-state index < -0.39 is 6.85 Å². The average molecular weight is 152 g/mol. The van der Waals surface area contributed by atoms with Crippen molar-refractivity contribution in [1.29, 1.82) is 0 Å². The maximum absolute atomic E-state index is 7.41. The van der Waals surface area contributed by atoms with E-state index >= 15 is 0 Å². The molecule has 1 heteroatoms. The van der Waals surface area contributed by atoms with Crippen LogP contribution in [-0.4, -0.2) is 14.1 Å². The first kappa shape index (κ1) is 4.81. The van der Waals surface area contributed by atoms with E-state index in [0.29, 0.717) is 5.56 Å². The molecule has 60 valence electrons. The maximum atomic E-state index is 7.41. The van der Waals surface area contributed by atoms with Crippen LogP contribution in [0.2, 0.25) is 0 Å². The summed E-state index contributed by atoms with van der Waals surface area (Å²) >= 11 is 0. The first-order valence-electron chi connectivity index (χ1n) is 5.11. The molecule has 0 amide bonds. The van der Waals surface area contributed by atoms with Gasteiger partial charge in [0.25, 0.3) is 0 Å². The predicted octanol–water partition coefficient (Wildman–Crippen LogP) is 2.37.